The van der Waals surface area contributed by atoms with Crippen LogP contribution in [-0.4, -0.2) is 25.0 Å². The van der Waals surface area contributed by atoms with E-state index in [9.17, 15) is 18.8 Å². The molecule has 5 aromatic rings. The quantitative estimate of drug-likeness (QED) is 0.139. The summed E-state index contributed by atoms with van der Waals surface area (Å²) in [5.74, 6) is 0.0482. The van der Waals surface area contributed by atoms with E-state index in [-0.39, 0.29) is 50.9 Å². The van der Waals surface area contributed by atoms with E-state index in [2.05, 4.69) is 5.32 Å². The van der Waals surface area contributed by atoms with Gasteiger partial charge in [0.05, 0.1) is 10.4 Å². The van der Waals surface area contributed by atoms with Crippen molar-refractivity contribution in [2.24, 2.45) is 5.73 Å². The lowest BCUT2D eigenvalue weighted by Gasteiger charge is -2.25. The van der Waals surface area contributed by atoms with Gasteiger partial charge >= 0.3 is 4.94 Å². The van der Waals surface area contributed by atoms with E-state index in [4.69, 9.17) is 31.2 Å². The number of fused-ring (bicyclic) bond motifs is 1. The van der Waals surface area contributed by atoms with Gasteiger partial charge in [0.25, 0.3) is 5.91 Å². The monoisotopic (exact) mass is 685 g/mol. The molecule has 0 fully saturated rings. The molecule has 1 aromatic heterocycles. The molecule has 13 heteroatoms. The summed E-state index contributed by atoms with van der Waals surface area (Å²) in [6.45, 7) is 0.146. The maximum Gasteiger partial charge on any atom is 0.396 e. The van der Waals surface area contributed by atoms with Crippen molar-refractivity contribution < 1.29 is 27.9 Å². The third kappa shape index (κ3) is 9.07. The van der Waals surface area contributed by atoms with Crippen LogP contribution in [0.1, 0.15) is 24.0 Å². The van der Waals surface area contributed by atoms with Crippen LogP contribution in [0.4, 0.5) is 10.1 Å². The Morgan fingerprint density at radius 3 is 2.63 bits per heavy atom. The molecule has 0 saturated carbocycles. The molecule has 4 aromatic carbocycles. The summed E-state index contributed by atoms with van der Waals surface area (Å²) in [4.78, 5) is 38.9. The van der Waals surface area contributed by atoms with E-state index in [0.717, 1.165) is 16.9 Å². The largest absolute Gasteiger partial charge is 0.484 e. The lowest BCUT2D eigenvalue weighted by Crippen LogP contribution is -2.36. The topological polar surface area (TPSA) is 124 Å². The maximum absolute atomic E-state index is 14.0. The molecule has 0 radical (unpaired) electrons. The minimum absolute atomic E-state index is 0. The number of benzene rings is 4. The van der Waals surface area contributed by atoms with Gasteiger partial charge in [-0.1, -0.05) is 53.3 Å². The van der Waals surface area contributed by atoms with E-state index in [1.165, 1.54) is 11.0 Å². The van der Waals surface area contributed by atoms with E-state index in [1.807, 2.05) is 12.1 Å². The standard InChI is InChI=1S/C33H29ClFN3O6S.ClH/c34-23-10-12-27(28(16-23)43-25-7-3-5-21(15-25)18-36)38(14-4-9-31(39)37-19-22-6-1-2-8-26(22)35)32(40)20-42-24-11-13-30-29(17-24)44-33(41)45-30;/h1-3,5-8,10-13,15-17H,4,9,14,18-20,36H2,(H,37,39);1H. The Labute approximate surface area is 279 Å². The first-order valence-corrected chi connectivity index (χ1v) is 15.2. The van der Waals surface area contributed by atoms with Crippen molar-refractivity contribution in [3.63, 3.8) is 0 Å². The van der Waals surface area contributed by atoms with Crippen LogP contribution in [0.3, 0.4) is 0 Å². The number of nitrogens with zero attached hydrogens (tertiary/aromatic N) is 1. The van der Waals surface area contributed by atoms with Gasteiger partial charge in [-0.15, -0.1) is 12.4 Å². The molecule has 9 nitrogen and oxygen atoms in total. The number of amides is 2. The summed E-state index contributed by atoms with van der Waals surface area (Å²) < 4.78 is 31.7. The Bertz CT molecular complexity index is 1880. The molecule has 0 atom stereocenters. The maximum atomic E-state index is 14.0. The molecule has 2 amide bonds. The second-order valence-corrected chi connectivity index (χ2v) is 11.3. The SMILES string of the molecule is Cl.NCc1cccc(Oc2cc(Cl)ccc2N(CCCC(=O)NCc2ccccc2F)C(=O)COc2ccc3sc(=O)oc3c2)c1. The van der Waals surface area contributed by atoms with Crippen molar-refractivity contribution in [3.8, 4) is 17.2 Å². The smallest absolute Gasteiger partial charge is 0.396 e. The molecule has 240 valence electrons. The second-order valence-electron chi connectivity index (χ2n) is 9.93. The van der Waals surface area contributed by atoms with Gasteiger partial charge in [0.1, 0.15) is 17.3 Å². The number of rotatable bonds is 13. The highest BCUT2D eigenvalue weighted by Crippen LogP contribution is 2.36. The van der Waals surface area contributed by atoms with Crippen molar-refractivity contribution in [1.82, 2.24) is 5.32 Å². The predicted octanol–water partition coefficient (Wildman–Crippen LogP) is 6.83. The number of carbonyl (C=O) groups excluding carboxylic acids is 2. The zero-order chi connectivity index (χ0) is 31.8. The molecule has 3 N–H and O–H groups in total. The predicted molar refractivity (Wildman–Crippen MR) is 179 cm³/mol. The summed E-state index contributed by atoms with van der Waals surface area (Å²) in [6.07, 6.45) is 0.362. The van der Waals surface area contributed by atoms with Gasteiger partial charge in [0.15, 0.2) is 17.9 Å². The molecule has 0 aliphatic rings. The van der Waals surface area contributed by atoms with Crippen LogP contribution in [0.5, 0.6) is 17.2 Å². The van der Waals surface area contributed by atoms with Gasteiger partial charge in [-0.05, 0) is 54.4 Å². The molecule has 46 heavy (non-hydrogen) atoms. The Morgan fingerprint density at radius 2 is 1.83 bits per heavy atom. The lowest BCUT2D eigenvalue weighted by molar-refractivity contribution is -0.122. The minimum Gasteiger partial charge on any atom is -0.484 e. The number of hydrogen-bond donors (Lipinski definition) is 2. The average Bonchev–Trinajstić information content (AvgIpc) is 3.41. The molecule has 0 spiro atoms. The summed E-state index contributed by atoms with van der Waals surface area (Å²) in [7, 11) is 0. The number of nitrogens with one attached hydrogen (secondary N) is 1. The van der Waals surface area contributed by atoms with E-state index < -0.39 is 16.7 Å². The highest BCUT2D eigenvalue weighted by Gasteiger charge is 2.22. The average molecular weight is 687 g/mol. The lowest BCUT2D eigenvalue weighted by atomic mass is 10.2. The Balaban J connectivity index is 0.00000480. The van der Waals surface area contributed by atoms with Gasteiger partial charge in [0, 0.05) is 48.8 Å². The molecule has 0 bridgehead atoms. The number of halogens is 3. The fourth-order valence-corrected chi connectivity index (χ4v) is 5.33. The van der Waals surface area contributed by atoms with E-state index in [0.29, 0.717) is 50.3 Å². The van der Waals surface area contributed by atoms with Crippen molar-refractivity contribution in [2.45, 2.75) is 25.9 Å². The molecular weight excluding hydrogens is 656 g/mol. The third-order valence-electron chi connectivity index (χ3n) is 6.76. The summed E-state index contributed by atoms with van der Waals surface area (Å²) in [5.41, 5.74) is 7.80. The van der Waals surface area contributed by atoms with Crippen molar-refractivity contribution in [1.29, 1.82) is 0 Å². The zero-order valence-corrected chi connectivity index (χ0v) is 26.8. The summed E-state index contributed by atoms with van der Waals surface area (Å²) >= 11 is 7.29. The fourth-order valence-electron chi connectivity index (χ4n) is 4.52. The Hall–Kier alpha value is -4.42. The number of hydrogen-bond acceptors (Lipinski definition) is 8. The van der Waals surface area contributed by atoms with Crippen molar-refractivity contribution >= 4 is 63.1 Å². The first-order chi connectivity index (χ1) is 21.8. The first-order valence-electron chi connectivity index (χ1n) is 14.0. The zero-order valence-electron chi connectivity index (χ0n) is 24.4. The molecule has 0 unspecified atom stereocenters. The van der Waals surface area contributed by atoms with Gasteiger partial charge in [-0.2, -0.15) is 0 Å². The Kier molecular flexibility index (Phi) is 12.2. The van der Waals surface area contributed by atoms with E-state index in [1.54, 1.807) is 66.7 Å². The molecule has 0 saturated heterocycles. The highest BCUT2D eigenvalue weighted by molar-refractivity contribution is 7.16. The second kappa shape index (κ2) is 16.2. The Morgan fingerprint density at radius 1 is 1.00 bits per heavy atom. The van der Waals surface area contributed by atoms with Crippen LogP contribution in [0, 0.1) is 5.82 Å². The van der Waals surface area contributed by atoms with Crippen molar-refractivity contribution in [3.05, 3.63) is 117 Å². The third-order valence-corrected chi connectivity index (χ3v) is 7.80. The van der Waals surface area contributed by atoms with Crippen molar-refractivity contribution in [2.75, 3.05) is 18.1 Å². The van der Waals surface area contributed by atoms with E-state index >= 15 is 0 Å². The van der Waals surface area contributed by atoms with Crippen LogP contribution in [-0.2, 0) is 22.7 Å². The fraction of sp³-hybridized carbons (Fsp3) is 0.182. The van der Waals surface area contributed by atoms with Crippen LogP contribution in [0.2, 0.25) is 5.02 Å². The normalized spacial score (nSPS) is 10.7. The minimum atomic E-state index is -0.436. The molecule has 0 aliphatic heterocycles. The van der Waals surface area contributed by atoms with Gasteiger partial charge in [-0.3, -0.25) is 9.59 Å². The number of anilines is 1. The van der Waals surface area contributed by atoms with Crippen LogP contribution >= 0.6 is 35.3 Å². The molecule has 5 rings (SSSR count). The number of carbonyl (C=O) groups is 2. The summed E-state index contributed by atoms with van der Waals surface area (Å²) in [5, 5.41) is 3.11. The van der Waals surface area contributed by atoms with Crippen LogP contribution < -0.4 is 30.4 Å². The number of ether oxygens (including phenoxy) is 2. The molecule has 0 aliphatic carbocycles. The van der Waals surface area contributed by atoms with Gasteiger partial charge in [0.2, 0.25) is 5.91 Å². The highest BCUT2D eigenvalue weighted by atomic mass is 35.5. The molecule has 1 heterocycles. The number of nitrogens with two attached hydrogens (primary N) is 1. The molecular formula is C33H30Cl2FN3O6S. The first kappa shape index (κ1) is 34.5. The van der Waals surface area contributed by atoms with Gasteiger partial charge in [-0.25, -0.2) is 9.18 Å². The van der Waals surface area contributed by atoms with Crippen LogP contribution in [0.25, 0.3) is 10.3 Å². The summed E-state index contributed by atoms with van der Waals surface area (Å²) in [6, 6.07) is 23.2. The van der Waals surface area contributed by atoms with Crippen LogP contribution in [0.15, 0.2) is 94.1 Å². The van der Waals surface area contributed by atoms with Gasteiger partial charge < -0.3 is 29.8 Å².